The molecule has 0 saturated carbocycles. The number of hydrogen-bond acceptors (Lipinski definition) is 1. The predicted molar refractivity (Wildman–Crippen MR) is 69.3 cm³/mol. The monoisotopic (exact) mass is 264 g/mol. The van der Waals surface area contributed by atoms with E-state index in [1.54, 1.807) is 25.3 Å². The van der Waals surface area contributed by atoms with Crippen molar-refractivity contribution in [2.75, 3.05) is 0 Å². The smallest absolute Gasteiger partial charge is 0.0939 e. The Labute approximate surface area is 105 Å². The molecule has 0 aromatic heterocycles. The first-order chi connectivity index (χ1) is 6.59. The maximum absolute atomic E-state index is 7.13. The third-order valence-corrected chi connectivity index (χ3v) is 2.26. The molecule has 0 saturated heterocycles. The lowest BCUT2D eigenvalue weighted by Gasteiger charge is -1.98. The molecule has 0 atom stereocenters. The second-order valence-corrected chi connectivity index (χ2v) is 3.59. The Hall–Kier alpha value is -0.700. The van der Waals surface area contributed by atoms with E-state index in [0.717, 1.165) is 5.56 Å². The van der Waals surface area contributed by atoms with Gasteiger partial charge in [0.1, 0.15) is 0 Å². The molecule has 1 aromatic rings. The summed E-state index contributed by atoms with van der Waals surface area (Å²) in [4.78, 5) is 0. The molecule has 0 heterocycles. The van der Waals surface area contributed by atoms with Crippen LogP contribution in [0, 0.1) is 5.41 Å². The van der Waals surface area contributed by atoms with E-state index in [-0.39, 0.29) is 12.4 Å². The summed E-state index contributed by atoms with van der Waals surface area (Å²) < 4.78 is 0. The Kier molecular flexibility index (Phi) is 6.41. The van der Waals surface area contributed by atoms with Crippen molar-refractivity contribution in [2.45, 2.75) is 6.92 Å². The van der Waals surface area contributed by atoms with Crippen LogP contribution in [0.15, 0.2) is 24.4 Å². The van der Waals surface area contributed by atoms with Crippen molar-refractivity contribution in [3.63, 3.8) is 0 Å². The largest absolute Gasteiger partial charge is 0.351 e. The third-order valence-electron chi connectivity index (χ3n) is 1.52. The Bertz CT molecular complexity index is 375. The molecule has 0 aliphatic rings. The second kappa shape index (κ2) is 6.72. The topological polar surface area (TPSA) is 35.9 Å². The fourth-order valence-electron chi connectivity index (χ4n) is 0.879. The molecular formula is C10H11Cl3N2. The van der Waals surface area contributed by atoms with Crippen LogP contribution in [0.25, 0.3) is 6.08 Å². The van der Waals surface area contributed by atoms with Crippen LogP contribution in [0.5, 0.6) is 0 Å². The maximum Gasteiger partial charge on any atom is 0.0939 e. The zero-order chi connectivity index (χ0) is 10.6. The van der Waals surface area contributed by atoms with Crippen molar-refractivity contribution in [1.82, 2.24) is 5.32 Å². The van der Waals surface area contributed by atoms with E-state index < -0.39 is 0 Å². The molecule has 0 aliphatic heterocycles. The summed E-state index contributed by atoms with van der Waals surface area (Å²) in [5.41, 5.74) is 0.938. The summed E-state index contributed by atoms with van der Waals surface area (Å²) >= 11 is 11.6. The minimum absolute atomic E-state index is 0. The van der Waals surface area contributed by atoms with Crippen LogP contribution >= 0.6 is 35.6 Å². The molecule has 0 aliphatic carbocycles. The van der Waals surface area contributed by atoms with Crippen LogP contribution in [0.3, 0.4) is 0 Å². The van der Waals surface area contributed by atoms with E-state index >= 15 is 0 Å². The molecule has 1 aromatic carbocycles. The number of nitrogens with one attached hydrogen (secondary N) is 2. The van der Waals surface area contributed by atoms with Crippen LogP contribution < -0.4 is 5.32 Å². The molecule has 0 radical (unpaired) electrons. The molecule has 0 spiro atoms. The SMILES string of the molecule is CC(=N)NC=Cc1ccc(Cl)c(Cl)c1.Cl. The van der Waals surface area contributed by atoms with Gasteiger partial charge in [0.2, 0.25) is 0 Å². The lowest BCUT2D eigenvalue weighted by atomic mass is 10.2. The molecule has 5 heteroatoms. The van der Waals surface area contributed by atoms with Crippen molar-refractivity contribution in [1.29, 1.82) is 5.41 Å². The third kappa shape index (κ3) is 5.07. The first-order valence-corrected chi connectivity index (χ1v) is 4.78. The highest BCUT2D eigenvalue weighted by Crippen LogP contribution is 2.22. The van der Waals surface area contributed by atoms with Crippen LogP contribution in [-0.2, 0) is 0 Å². The van der Waals surface area contributed by atoms with Gasteiger partial charge in [-0.1, -0.05) is 29.3 Å². The summed E-state index contributed by atoms with van der Waals surface area (Å²) in [5.74, 6) is 0.390. The summed E-state index contributed by atoms with van der Waals surface area (Å²) in [6, 6.07) is 5.36. The minimum atomic E-state index is 0. The second-order valence-electron chi connectivity index (χ2n) is 2.78. The van der Waals surface area contributed by atoms with Crippen molar-refractivity contribution >= 4 is 47.5 Å². The summed E-state index contributed by atoms with van der Waals surface area (Å²) in [7, 11) is 0. The van der Waals surface area contributed by atoms with E-state index in [9.17, 15) is 0 Å². The van der Waals surface area contributed by atoms with E-state index in [1.165, 1.54) is 0 Å². The molecule has 0 fully saturated rings. The molecule has 0 unspecified atom stereocenters. The standard InChI is InChI=1S/C10H10Cl2N2.ClH/c1-7(13)14-5-4-8-2-3-9(11)10(12)6-8;/h2-6H,1H3,(H2,13,14);1H. The number of benzene rings is 1. The van der Waals surface area contributed by atoms with E-state index in [4.69, 9.17) is 28.6 Å². The summed E-state index contributed by atoms with van der Waals surface area (Å²) in [5, 5.41) is 11.0. The molecule has 2 nitrogen and oxygen atoms in total. The first kappa shape index (κ1) is 14.3. The van der Waals surface area contributed by atoms with Gasteiger partial charge in [0, 0.05) is 6.20 Å². The number of amidine groups is 1. The summed E-state index contributed by atoms with van der Waals surface area (Å²) in [6.07, 6.45) is 3.50. The normalized spacial score (nSPS) is 9.80. The fourth-order valence-corrected chi connectivity index (χ4v) is 1.19. The van der Waals surface area contributed by atoms with Crippen molar-refractivity contribution in [2.24, 2.45) is 0 Å². The van der Waals surface area contributed by atoms with Crippen LogP contribution in [0.2, 0.25) is 10.0 Å². The molecule has 82 valence electrons. The van der Waals surface area contributed by atoms with Gasteiger partial charge in [0.15, 0.2) is 0 Å². The minimum Gasteiger partial charge on any atom is -0.351 e. The van der Waals surface area contributed by atoms with Gasteiger partial charge in [-0.05, 0) is 30.7 Å². The Morgan fingerprint density at radius 2 is 2.00 bits per heavy atom. The van der Waals surface area contributed by atoms with Gasteiger partial charge < -0.3 is 5.32 Å². The van der Waals surface area contributed by atoms with Gasteiger partial charge in [-0.25, -0.2) is 0 Å². The van der Waals surface area contributed by atoms with Crippen molar-refractivity contribution < 1.29 is 0 Å². The number of halogens is 3. The Morgan fingerprint density at radius 1 is 1.33 bits per heavy atom. The lowest BCUT2D eigenvalue weighted by molar-refractivity contribution is 1.22. The molecule has 15 heavy (non-hydrogen) atoms. The number of rotatable bonds is 2. The lowest BCUT2D eigenvalue weighted by Crippen LogP contribution is -2.10. The highest BCUT2D eigenvalue weighted by atomic mass is 35.5. The van der Waals surface area contributed by atoms with E-state index in [2.05, 4.69) is 5.32 Å². The van der Waals surface area contributed by atoms with Crippen molar-refractivity contribution in [3.8, 4) is 0 Å². The van der Waals surface area contributed by atoms with Gasteiger partial charge in [0.25, 0.3) is 0 Å². The molecular weight excluding hydrogens is 254 g/mol. The highest BCUT2D eigenvalue weighted by molar-refractivity contribution is 6.42. The first-order valence-electron chi connectivity index (χ1n) is 4.03. The van der Waals surface area contributed by atoms with Crippen LogP contribution in [0.4, 0.5) is 0 Å². The van der Waals surface area contributed by atoms with Gasteiger partial charge in [-0.3, -0.25) is 5.41 Å². The molecule has 2 N–H and O–H groups in total. The molecule has 0 bridgehead atoms. The molecule has 0 amide bonds. The van der Waals surface area contributed by atoms with Crippen molar-refractivity contribution in [3.05, 3.63) is 40.0 Å². The van der Waals surface area contributed by atoms with Gasteiger partial charge in [-0.15, -0.1) is 12.4 Å². The van der Waals surface area contributed by atoms with Crippen LogP contribution in [0.1, 0.15) is 12.5 Å². The summed E-state index contributed by atoms with van der Waals surface area (Å²) in [6.45, 7) is 1.67. The Morgan fingerprint density at radius 3 is 2.53 bits per heavy atom. The fraction of sp³-hybridized carbons (Fsp3) is 0.100. The van der Waals surface area contributed by atoms with E-state index in [1.807, 2.05) is 12.1 Å². The predicted octanol–water partition coefficient (Wildman–Crippen LogP) is 3.97. The zero-order valence-electron chi connectivity index (χ0n) is 8.05. The highest BCUT2D eigenvalue weighted by Gasteiger charge is 1.95. The zero-order valence-corrected chi connectivity index (χ0v) is 10.4. The Balaban J connectivity index is 0.00000196. The average molecular weight is 266 g/mol. The van der Waals surface area contributed by atoms with E-state index in [0.29, 0.717) is 15.9 Å². The average Bonchev–Trinajstić information content (AvgIpc) is 2.10. The quantitative estimate of drug-likeness (QED) is 0.616. The van der Waals surface area contributed by atoms with Crippen LogP contribution in [-0.4, -0.2) is 5.84 Å². The number of hydrogen-bond donors (Lipinski definition) is 2. The van der Waals surface area contributed by atoms with Gasteiger partial charge >= 0.3 is 0 Å². The maximum atomic E-state index is 7.13. The van der Waals surface area contributed by atoms with Gasteiger partial charge in [-0.2, -0.15) is 0 Å². The molecule has 1 rings (SSSR count). The van der Waals surface area contributed by atoms with Gasteiger partial charge in [0.05, 0.1) is 15.9 Å².